The molecule has 0 aliphatic heterocycles. The number of hydrogen-bond donors (Lipinski definition) is 0. The molecule has 102 valence electrons. The summed E-state index contributed by atoms with van der Waals surface area (Å²) in [7, 11) is 1.86. The Kier molecular flexibility index (Phi) is 5.72. The number of carbonyl (C=O) groups excluding carboxylic acids is 1. The Morgan fingerprint density at radius 2 is 2.17 bits per heavy atom. The second-order valence-electron chi connectivity index (χ2n) is 4.61. The van der Waals surface area contributed by atoms with Crippen molar-refractivity contribution in [3.63, 3.8) is 0 Å². The molecule has 0 bridgehead atoms. The second-order valence-corrected chi connectivity index (χ2v) is 5.97. The molecule has 0 aromatic carbocycles. The van der Waals surface area contributed by atoms with Gasteiger partial charge in [0.05, 0.1) is 18.5 Å². The topological polar surface area (TPSA) is 44.1 Å². The van der Waals surface area contributed by atoms with Gasteiger partial charge in [-0.2, -0.15) is 16.9 Å². The summed E-state index contributed by atoms with van der Waals surface area (Å²) in [6.07, 6.45) is 1.59. The minimum atomic E-state index is -0.279. The SMILES string of the molecule is CCOC(=O)c1cnn(C)c1CSC(C)C(C)C. The van der Waals surface area contributed by atoms with Crippen LogP contribution < -0.4 is 0 Å². The number of nitrogens with zero attached hydrogens (tertiary/aromatic N) is 2. The molecule has 0 fully saturated rings. The monoisotopic (exact) mass is 270 g/mol. The minimum absolute atomic E-state index is 0.279. The maximum Gasteiger partial charge on any atom is 0.341 e. The molecule has 1 rings (SSSR count). The summed E-state index contributed by atoms with van der Waals surface area (Å²) in [5.41, 5.74) is 1.52. The van der Waals surface area contributed by atoms with Crippen molar-refractivity contribution in [3.05, 3.63) is 17.5 Å². The predicted molar refractivity (Wildman–Crippen MR) is 74.8 cm³/mol. The average Bonchev–Trinajstić information content (AvgIpc) is 2.67. The molecule has 0 saturated carbocycles. The third-order valence-corrected chi connectivity index (χ3v) is 4.49. The molecule has 0 aliphatic rings. The van der Waals surface area contributed by atoms with Crippen molar-refractivity contribution in [3.8, 4) is 0 Å². The van der Waals surface area contributed by atoms with Gasteiger partial charge in [-0.3, -0.25) is 4.68 Å². The molecule has 0 spiro atoms. The predicted octanol–water partition coefficient (Wildman–Crippen LogP) is 2.87. The van der Waals surface area contributed by atoms with Gasteiger partial charge in [-0.1, -0.05) is 20.8 Å². The number of ether oxygens (including phenoxy) is 1. The summed E-state index contributed by atoms with van der Waals surface area (Å²) < 4.78 is 6.79. The van der Waals surface area contributed by atoms with Crippen molar-refractivity contribution >= 4 is 17.7 Å². The van der Waals surface area contributed by atoms with Gasteiger partial charge in [0.1, 0.15) is 5.56 Å². The van der Waals surface area contributed by atoms with E-state index in [2.05, 4.69) is 25.9 Å². The van der Waals surface area contributed by atoms with Gasteiger partial charge in [-0.05, 0) is 12.8 Å². The molecule has 0 amide bonds. The van der Waals surface area contributed by atoms with Crippen molar-refractivity contribution in [2.75, 3.05) is 6.61 Å². The molecule has 4 nitrogen and oxygen atoms in total. The largest absolute Gasteiger partial charge is 0.462 e. The maximum absolute atomic E-state index is 11.8. The summed E-state index contributed by atoms with van der Waals surface area (Å²) in [6, 6.07) is 0. The number of hydrogen-bond acceptors (Lipinski definition) is 4. The minimum Gasteiger partial charge on any atom is -0.462 e. The molecule has 0 N–H and O–H groups in total. The highest BCUT2D eigenvalue weighted by Crippen LogP contribution is 2.24. The fourth-order valence-electron chi connectivity index (χ4n) is 1.42. The highest BCUT2D eigenvalue weighted by atomic mass is 32.2. The summed E-state index contributed by atoms with van der Waals surface area (Å²) in [4.78, 5) is 11.8. The van der Waals surface area contributed by atoms with Crippen LogP contribution in [0.15, 0.2) is 6.20 Å². The van der Waals surface area contributed by atoms with Crippen LogP contribution in [0.1, 0.15) is 43.7 Å². The molecule has 0 aliphatic carbocycles. The lowest BCUT2D eigenvalue weighted by Gasteiger charge is -2.15. The second kappa shape index (κ2) is 6.83. The van der Waals surface area contributed by atoms with E-state index >= 15 is 0 Å². The van der Waals surface area contributed by atoms with Crippen molar-refractivity contribution in [2.45, 2.75) is 38.7 Å². The Bertz CT molecular complexity index is 402. The van der Waals surface area contributed by atoms with Gasteiger partial charge in [0.2, 0.25) is 0 Å². The van der Waals surface area contributed by atoms with Gasteiger partial charge in [0, 0.05) is 18.1 Å². The highest BCUT2D eigenvalue weighted by molar-refractivity contribution is 7.99. The molecular weight excluding hydrogens is 248 g/mol. The smallest absolute Gasteiger partial charge is 0.341 e. The van der Waals surface area contributed by atoms with Crippen molar-refractivity contribution in [1.29, 1.82) is 0 Å². The van der Waals surface area contributed by atoms with Crippen LogP contribution in [0.4, 0.5) is 0 Å². The van der Waals surface area contributed by atoms with Gasteiger partial charge >= 0.3 is 5.97 Å². The summed E-state index contributed by atoms with van der Waals surface area (Å²) in [6.45, 7) is 8.81. The highest BCUT2D eigenvalue weighted by Gasteiger charge is 2.18. The molecule has 1 aromatic rings. The first-order chi connectivity index (χ1) is 8.47. The van der Waals surface area contributed by atoms with E-state index in [-0.39, 0.29) is 5.97 Å². The van der Waals surface area contributed by atoms with Crippen molar-refractivity contribution < 1.29 is 9.53 Å². The Balaban J connectivity index is 2.75. The lowest BCUT2D eigenvalue weighted by atomic mass is 10.2. The first kappa shape index (κ1) is 15.1. The lowest BCUT2D eigenvalue weighted by Crippen LogP contribution is -2.11. The Labute approximate surface area is 113 Å². The van der Waals surface area contributed by atoms with Crippen LogP contribution in [0.25, 0.3) is 0 Å². The van der Waals surface area contributed by atoms with E-state index in [1.54, 1.807) is 10.9 Å². The zero-order valence-electron chi connectivity index (χ0n) is 11.8. The van der Waals surface area contributed by atoms with Crippen LogP contribution in [-0.2, 0) is 17.5 Å². The standard InChI is InChI=1S/C13H22N2O2S/c1-6-17-13(16)11-7-14-15(5)12(11)8-18-10(4)9(2)3/h7,9-10H,6,8H2,1-5H3. The van der Waals surface area contributed by atoms with E-state index in [0.29, 0.717) is 23.3 Å². The lowest BCUT2D eigenvalue weighted by molar-refractivity contribution is 0.0525. The van der Waals surface area contributed by atoms with Gasteiger partial charge in [0.15, 0.2) is 0 Å². The quantitative estimate of drug-likeness (QED) is 0.746. The number of esters is 1. The van der Waals surface area contributed by atoms with Gasteiger partial charge < -0.3 is 4.74 Å². The number of thioether (sulfide) groups is 1. The van der Waals surface area contributed by atoms with Crippen LogP contribution in [0.5, 0.6) is 0 Å². The fraction of sp³-hybridized carbons (Fsp3) is 0.692. The summed E-state index contributed by atoms with van der Waals surface area (Å²) in [5.74, 6) is 1.12. The molecule has 0 saturated heterocycles. The molecule has 1 unspecified atom stereocenters. The molecule has 0 radical (unpaired) electrons. The summed E-state index contributed by atoms with van der Waals surface area (Å²) in [5, 5.41) is 4.70. The molecular formula is C13H22N2O2S. The zero-order chi connectivity index (χ0) is 13.7. The van der Waals surface area contributed by atoms with Crippen LogP contribution in [0.3, 0.4) is 0 Å². The molecule has 18 heavy (non-hydrogen) atoms. The van der Waals surface area contributed by atoms with E-state index in [9.17, 15) is 4.79 Å². The fourth-order valence-corrected chi connectivity index (χ4v) is 2.56. The average molecular weight is 270 g/mol. The molecule has 1 aromatic heterocycles. The number of rotatable bonds is 6. The van der Waals surface area contributed by atoms with Crippen LogP contribution >= 0.6 is 11.8 Å². The van der Waals surface area contributed by atoms with Crippen molar-refractivity contribution in [1.82, 2.24) is 9.78 Å². The van der Waals surface area contributed by atoms with Crippen LogP contribution in [-0.4, -0.2) is 27.6 Å². The Morgan fingerprint density at radius 3 is 2.72 bits per heavy atom. The zero-order valence-corrected chi connectivity index (χ0v) is 12.6. The van der Waals surface area contributed by atoms with E-state index in [0.717, 1.165) is 11.4 Å². The Morgan fingerprint density at radius 1 is 1.50 bits per heavy atom. The molecule has 1 heterocycles. The molecule has 1 atom stereocenters. The molecule has 5 heteroatoms. The van der Waals surface area contributed by atoms with Gasteiger partial charge in [-0.15, -0.1) is 0 Å². The van der Waals surface area contributed by atoms with E-state index in [1.165, 1.54) is 0 Å². The number of carbonyl (C=O) groups is 1. The first-order valence-electron chi connectivity index (χ1n) is 6.27. The Hall–Kier alpha value is -0.970. The van der Waals surface area contributed by atoms with Crippen molar-refractivity contribution in [2.24, 2.45) is 13.0 Å². The van der Waals surface area contributed by atoms with E-state index < -0.39 is 0 Å². The van der Waals surface area contributed by atoms with Crippen LogP contribution in [0, 0.1) is 5.92 Å². The van der Waals surface area contributed by atoms with Gasteiger partial charge in [-0.25, -0.2) is 4.79 Å². The first-order valence-corrected chi connectivity index (χ1v) is 7.31. The number of aromatic nitrogens is 2. The third kappa shape index (κ3) is 3.77. The van der Waals surface area contributed by atoms with E-state index in [1.807, 2.05) is 25.7 Å². The normalized spacial score (nSPS) is 12.8. The summed E-state index contributed by atoms with van der Waals surface area (Å²) >= 11 is 1.84. The van der Waals surface area contributed by atoms with Gasteiger partial charge in [0.25, 0.3) is 0 Å². The van der Waals surface area contributed by atoms with E-state index in [4.69, 9.17) is 4.74 Å². The maximum atomic E-state index is 11.8. The third-order valence-electron chi connectivity index (χ3n) is 2.98. The number of aryl methyl sites for hydroxylation is 1. The van der Waals surface area contributed by atoms with Crippen LogP contribution in [0.2, 0.25) is 0 Å².